The summed E-state index contributed by atoms with van der Waals surface area (Å²) in [5.74, 6) is 0. The molecule has 1 fully saturated rings. The number of nitrogens with one attached hydrogen (secondary N) is 1. The van der Waals surface area contributed by atoms with Crippen LogP contribution in [0.5, 0.6) is 0 Å². The first-order chi connectivity index (χ1) is 8.38. The smallest absolute Gasteiger partial charge is 0.101 e. The van der Waals surface area contributed by atoms with Crippen molar-refractivity contribution in [3.8, 4) is 6.07 Å². The average Bonchev–Trinajstić information content (AvgIpc) is 2.85. The molecule has 1 aromatic carbocycles. The Morgan fingerprint density at radius 1 is 1.35 bits per heavy atom. The molecule has 1 aliphatic heterocycles. The van der Waals surface area contributed by atoms with Crippen molar-refractivity contribution in [1.82, 2.24) is 9.97 Å². The van der Waals surface area contributed by atoms with Crippen molar-refractivity contribution in [1.29, 1.82) is 5.26 Å². The van der Waals surface area contributed by atoms with E-state index in [1.165, 1.54) is 0 Å². The van der Waals surface area contributed by atoms with Crippen LogP contribution in [0.4, 0.5) is 5.69 Å². The van der Waals surface area contributed by atoms with Gasteiger partial charge < -0.3 is 14.6 Å². The fraction of sp³-hybridized carbons (Fsp3) is 0.333. The van der Waals surface area contributed by atoms with Gasteiger partial charge >= 0.3 is 0 Å². The van der Waals surface area contributed by atoms with E-state index in [1.54, 1.807) is 6.33 Å². The van der Waals surface area contributed by atoms with Crippen molar-refractivity contribution in [3.05, 3.63) is 24.0 Å². The molecule has 2 heterocycles. The molecule has 1 saturated heterocycles. The molecule has 0 bridgehead atoms. The fourth-order valence-corrected chi connectivity index (χ4v) is 2.13. The van der Waals surface area contributed by atoms with Crippen molar-refractivity contribution >= 4 is 16.7 Å². The number of aromatic nitrogens is 2. The Kier molecular flexibility index (Phi) is 2.42. The number of fused-ring (bicyclic) bond motifs is 1. The Bertz CT molecular complexity index is 578. The normalized spacial score (nSPS) is 16.1. The van der Waals surface area contributed by atoms with E-state index in [9.17, 15) is 5.26 Å². The third kappa shape index (κ3) is 1.73. The number of nitrogens with zero attached hydrogens (tertiary/aromatic N) is 3. The van der Waals surface area contributed by atoms with Crippen LogP contribution in [0, 0.1) is 11.3 Å². The van der Waals surface area contributed by atoms with E-state index in [4.69, 9.17) is 4.74 Å². The second-order valence-corrected chi connectivity index (χ2v) is 4.00. The summed E-state index contributed by atoms with van der Waals surface area (Å²) in [6, 6.07) is 6.06. The molecule has 0 aliphatic carbocycles. The number of nitriles is 1. The van der Waals surface area contributed by atoms with E-state index in [2.05, 4.69) is 20.9 Å². The first-order valence-electron chi connectivity index (χ1n) is 5.58. The molecule has 0 spiro atoms. The number of hydrogen-bond donors (Lipinski definition) is 1. The zero-order valence-corrected chi connectivity index (χ0v) is 9.31. The van der Waals surface area contributed by atoms with Crippen molar-refractivity contribution < 1.29 is 4.74 Å². The standard InChI is InChI=1S/C12H12N4O/c13-7-9-5-10-11(15-8-14-10)6-12(9)16-1-3-17-4-2-16/h5-6,8H,1-4H2,(H,14,15). The zero-order chi connectivity index (χ0) is 11.7. The minimum absolute atomic E-state index is 0.673. The van der Waals surface area contributed by atoms with E-state index in [-0.39, 0.29) is 0 Å². The maximum atomic E-state index is 9.20. The number of morpholine rings is 1. The van der Waals surface area contributed by atoms with Crippen molar-refractivity contribution in [2.75, 3.05) is 31.2 Å². The van der Waals surface area contributed by atoms with Gasteiger partial charge in [0.2, 0.25) is 0 Å². The van der Waals surface area contributed by atoms with Crippen LogP contribution in [-0.4, -0.2) is 36.3 Å². The van der Waals surface area contributed by atoms with Gasteiger partial charge in [0.25, 0.3) is 0 Å². The highest BCUT2D eigenvalue weighted by atomic mass is 16.5. The minimum atomic E-state index is 0.673. The van der Waals surface area contributed by atoms with E-state index in [1.807, 2.05) is 12.1 Å². The number of H-pyrrole nitrogens is 1. The molecule has 0 unspecified atom stereocenters. The quantitative estimate of drug-likeness (QED) is 0.798. The van der Waals surface area contributed by atoms with Crippen LogP contribution in [0.15, 0.2) is 18.5 Å². The molecule has 2 aromatic rings. The molecule has 0 atom stereocenters. The van der Waals surface area contributed by atoms with Gasteiger partial charge in [-0.1, -0.05) is 0 Å². The van der Waals surface area contributed by atoms with Gasteiger partial charge in [-0.05, 0) is 12.1 Å². The Balaban J connectivity index is 2.09. The van der Waals surface area contributed by atoms with Crippen molar-refractivity contribution in [2.45, 2.75) is 0 Å². The molecule has 1 N–H and O–H groups in total. The summed E-state index contributed by atoms with van der Waals surface area (Å²) in [6.07, 6.45) is 1.65. The highest BCUT2D eigenvalue weighted by Crippen LogP contribution is 2.25. The van der Waals surface area contributed by atoms with Gasteiger partial charge in [0.1, 0.15) is 6.07 Å². The van der Waals surface area contributed by atoms with Gasteiger partial charge in [0.05, 0.1) is 41.8 Å². The Morgan fingerprint density at radius 2 is 2.18 bits per heavy atom. The van der Waals surface area contributed by atoms with E-state index in [0.29, 0.717) is 18.8 Å². The summed E-state index contributed by atoms with van der Waals surface area (Å²) in [4.78, 5) is 9.42. The van der Waals surface area contributed by atoms with Crippen LogP contribution in [0.2, 0.25) is 0 Å². The van der Waals surface area contributed by atoms with E-state index < -0.39 is 0 Å². The topological polar surface area (TPSA) is 64.9 Å². The monoisotopic (exact) mass is 228 g/mol. The summed E-state index contributed by atoms with van der Waals surface area (Å²) >= 11 is 0. The zero-order valence-electron chi connectivity index (χ0n) is 9.31. The van der Waals surface area contributed by atoms with Crippen LogP contribution in [-0.2, 0) is 4.74 Å². The number of anilines is 1. The lowest BCUT2D eigenvalue weighted by Crippen LogP contribution is -2.36. The van der Waals surface area contributed by atoms with Gasteiger partial charge in [-0.25, -0.2) is 4.98 Å². The first-order valence-corrected chi connectivity index (χ1v) is 5.58. The lowest BCUT2D eigenvalue weighted by molar-refractivity contribution is 0.122. The Morgan fingerprint density at radius 3 is 2.94 bits per heavy atom. The van der Waals surface area contributed by atoms with Gasteiger partial charge in [-0.2, -0.15) is 5.26 Å². The molecule has 17 heavy (non-hydrogen) atoms. The second-order valence-electron chi connectivity index (χ2n) is 4.00. The largest absolute Gasteiger partial charge is 0.378 e. The molecule has 86 valence electrons. The average molecular weight is 228 g/mol. The molecule has 0 saturated carbocycles. The second kappa shape index (κ2) is 4.07. The van der Waals surface area contributed by atoms with Gasteiger partial charge in [-0.15, -0.1) is 0 Å². The third-order valence-electron chi connectivity index (χ3n) is 3.01. The van der Waals surface area contributed by atoms with Crippen LogP contribution < -0.4 is 4.90 Å². The van der Waals surface area contributed by atoms with Crippen molar-refractivity contribution in [3.63, 3.8) is 0 Å². The fourth-order valence-electron chi connectivity index (χ4n) is 2.13. The summed E-state index contributed by atoms with van der Waals surface area (Å²) in [5, 5.41) is 9.20. The van der Waals surface area contributed by atoms with Gasteiger partial charge in [0, 0.05) is 13.1 Å². The first kappa shape index (κ1) is 10.1. The van der Waals surface area contributed by atoms with Crippen LogP contribution in [0.3, 0.4) is 0 Å². The molecule has 1 aromatic heterocycles. The molecule has 3 rings (SSSR count). The van der Waals surface area contributed by atoms with E-state index in [0.717, 1.165) is 29.8 Å². The minimum Gasteiger partial charge on any atom is -0.378 e. The van der Waals surface area contributed by atoms with Crippen LogP contribution >= 0.6 is 0 Å². The number of benzene rings is 1. The van der Waals surface area contributed by atoms with E-state index >= 15 is 0 Å². The molecule has 0 radical (unpaired) electrons. The summed E-state index contributed by atoms with van der Waals surface area (Å²) in [7, 11) is 0. The lowest BCUT2D eigenvalue weighted by Gasteiger charge is -2.29. The molecule has 5 nitrogen and oxygen atoms in total. The number of imidazole rings is 1. The Labute approximate surface area is 98.6 Å². The SMILES string of the molecule is N#Cc1cc2nc[nH]c2cc1N1CCOCC1. The van der Waals surface area contributed by atoms with Crippen molar-refractivity contribution in [2.24, 2.45) is 0 Å². The predicted molar refractivity (Wildman–Crippen MR) is 63.8 cm³/mol. The molecule has 0 amide bonds. The van der Waals surface area contributed by atoms with Crippen LogP contribution in [0.25, 0.3) is 11.0 Å². The molecular weight excluding hydrogens is 216 g/mol. The summed E-state index contributed by atoms with van der Waals surface area (Å²) in [6.45, 7) is 3.08. The highest BCUT2D eigenvalue weighted by Gasteiger charge is 2.16. The molecular formula is C12H12N4O. The number of ether oxygens (including phenoxy) is 1. The van der Waals surface area contributed by atoms with Gasteiger partial charge in [0.15, 0.2) is 0 Å². The Hall–Kier alpha value is -2.06. The number of hydrogen-bond acceptors (Lipinski definition) is 4. The van der Waals surface area contributed by atoms with Crippen LogP contribution in [0.1, 0.15) is 5.56 Å². The highest BCUT2D eigenvalue weighted by molar-refractivity contribution is 5.83. The van der Waals surface area contributed by atoms with Gasteiger partial charge in [-0.3, -0.25) is 0 Å². The number of aromatic amines is 1. The third-order valence-corrected chi connectivity index (χ3v) is 3.01. The maximum absolute atomic E-state index is 9.20. The predicted octanol–water partition coefficient (Wildman–Crippen LogP) is 1.27. The summed E-state index contributed by atoms with van der Waals surface area (Å²) in [5.41, 5.74) is 3.43. The number of rotatable bonds is 1. The molecule has 5 heteroatoms. The maximum Gasteiger partial charge on any atom is 0.101 e. The molecule has 1 aliphatic rings. The lowest BCUT2D eigenvalue weighted by atomic mass is 10.1. The summed E-state index contributed by atoms with van der Waals surface area (Å²) < 4.78 is 5.32.